The van der Waals surface area contributed by atoms with Crippen molar-refractivity contribution >= 4 is 21.9 Å². The van der Waals surface area contributed by atoms with Gasteiger partial charge in [-0.25, -0.2) is 0 Å². The van der Waals surface area contributed by atoms with Gasteiger partial charge in [-0.2, -0.15) is 0 Å². The molecule has 0 aliphatic heterocycles. The van der Waals surface area contributed by atoms with Crippen LogP contribution in [0.1, 0.15) is 30.9 Å². The topological polar surface area (TPSA) is 0 Å². The summed E-state index contributed by atoms with van der Waals surface area (Å²) in [5.74, 6) is 0. The number of hydrogen-bond donors (Lipinski definition) is 0. The van der Waals surface area contributed by atoms with Crippen LogP contribution in [0.25, 0.3) is 21.9 Å². The molecule has 2 aromatic carbocycles. The first-order valence-corrected chi connectivity index (χ1v) is 6.82. The van der Waals surface area contributed by atoms with Crippen LogP contribution in [0.5, 0.6) is 0 Å². The van der Waals surface area contributed by atoms with Crippen molar-refractivity contribution in [1.29, 1.82) is 0 Å². The molecular formula is C19H18. The van der Waals surface area contributed by atoms with E-state index in [9.17, 15) is 0 Å². The lowest BCUT2D eigenvalue weighted by Crippen LogP contribution is -1.82. The average molecular weight is 246 g/mol. The van der Waals surface area contributed by atoms with E-state index in [4.69, 9.17) is 0 Å². The molecule has 0 nitrogen and oxygen atoms in total. The van der Waals surface area contributed by atoms with Gasteiger partial charge in [0.25, 0.3) is 0 Å². The minimum absolute atomic E-state index is 1.07. The Morgan fingerprint density at radius 3 is 2.53 bits per heavy atom. The molecule has 0 spiro atoms. The van der Waals surface area contributed by atoms with Crippen molar-refractivity contribution in [2.45, 2.75) is 19.8 Å². The van der Waals surface area contributed by atoms with Gasteiger partial charge in [0.15, 0.2) is 0 Å². The quantitative estimate of drug-likeness (QED) is 0.615. The predicted octanol–water partition coefficient (Wildman–Crippen LogP) is 5.61. The number of hydrogen-bond acceptors (Lipinski definition) is 0. The van der Waals surface area contributed by atoms with E-state index in [-0.39, 0.29) is 0 Å². The highest BCUT2D eigenvalue weighted by Crippen LogP contribution is 2.43. The number of allylic oxidation sites excluding steroid dienone is 5. The monoisotopic (exact) mass is 246 g/mol. The molecule has 0 saturated heterocycles. The van der Waals surface area contributed by atoms with Gasteiger partial charge in [-0.1, -0.05) is 61.2 Å². The summed E-state index contributed by atoms with van der Waals surface area (Å²) in [6, 6.07) is 13.2. The van der Waals surface area contributed by atoms with Gasteiger partial charge in [-0.05, 0) is 52.8 Å². The maximum atomic E-state index is 3.71. The van der Waals surface area contributed by atoms with Gasteiger partial charge in [0.05, 0.1) is 0 Å². The van der Waals surface area contributed by atoms with E-state index in [0.29, 0.717) is 0 Å². The second-order valence-corrected chi connectivity index (χ2v) is 5.02. The zero-order chi connectivity index (χ0) is 13.2. The lowest BCUT2D eigenvalue weighted by atomic mass is 9.99. The average Bonchev–Trinajstić information content (AvgIpc) is 2.71. The summed E-state index contributed by atoms with van der Waals surface area (Å²) >= 11 is 0. The molecule has 94 valence electrons. The Labute approximate surface area is 114 Å². The van der Waals surface area contributed by atoms with E-state index in [0.717, 1.165) is 12.8 Å². The molecule has 0 bridgehead atoms. The van der Waals surface area contributed by atoms with Crippen LogP contribution in [0.15, 0.2) is 61.2 Å². The van der Waals surface area contributed by atoms with Crippen molar-refractivity contribution in [2.75, 3.05) is 0 Å². The third kappa shape index (κ3) is 1.94. The van der Waals surface area contributed by atoms with E-state index < -0.39 is 0 Å². The molecule has 0 radical (unpaired) electrons. The van der Waals surface area contributed by atoms with Gasteiger partial charge in [-0.15, -0.1) is 0 Å². The fourth-order valence-electron chi connectivity index (χ4n) is 3.01. The molecule has 0 unspecified atom stereocenters. The summed E-state index contributed by atoms with van der Waals surface area (Å²) in [6.45, 7) is 5.96. The minimum Gasteiger partial charge on any atom is -0.0991 e. The van der Waals surface area contributed by atoms with Gasteiger partial charge < -0.3 is 0 Å². The molecule has 0 aromatic heterocycles. The van der Waals surface area contributed by atoms with E-state index in [2.05, 4.69) is 56.0 Å². The van der Waals surface area contributed by atoms with Crippen molar-refractivity contribution in [3.8, 4) is 0 Å². The smallest absolute Gasteiger partial charge is 0.00332 e. The number of rotatable bonds is 4. The van der Waals surface area contributed by atoms with Gasteiger partial charge in [-0.3, -0.25) is 0 Å². The summed E-state index contributed by atoms with van der Waals surface area (Å²) in [6.07, 6.45) is 8.23. The fraction of sp³-hybridized carbons (Fsp3) is 0.158. The highest BCUT2D eigenvalue weighted by molar-refractivity contribution is 6.13. The molecule has 0 fully saturated rings. The highest BCUT2D eigenvalue weighted by Gasteiger charge is 2.19. The predicted molar refractivity (Wildman–Crippen MR) is 85.0 cm³/mol. The Morgan fingerprint density at radius 1 is 1.05 bits per heavy atom. The molecule has 0 amide bonds. The minimum atomic E-state index is 1.07. The molecule has 0 N–H and O–H groups in total. The maximum absolute atomic E-state index is 3.71. The lowest BCUT2D eigenvalue weighted by molar-refractivity contribution is 1.07. The normalized spacial score (nSPS) is 13.7. The van der Waals surface area contributed by atoms with E-state index >= 15 is 0 Å². The van der Waals surface area contributed by atoms with Crippen molar-refractivity contribution in [1.82, 2.24) is 0 Å². The van der Waals surface area contributed by atoms with E-state index in [1.165, 1.54) is 33.0 Å². The second-order valence-electron chi connectivity index (χ2n) is 5.02. The fourth-order valence-corrected chi connectivity index (χ4v) is 3.01. The maximum Gasteiger partial charge on any atom is -0.00332 e. The zero-order valence-corrected chi connectivity index (χ0v) is 11.3. The molecule has 0 heteroatoms. The molecule has 19 heavy (non-hydrogen) atoms. The summed E-state index contributed by atoms with van der Waals surface area (Å²) in [5.41, 5.74) is 5.78. The van der Waals surface area contributed by atoms with Crippen LogP contribution in [0.3, 0.4) is 0 Å². The molecule has 0 atom stereocenters. The Balaban J connectivity index is 2.03. The number of benzene rings is 2. The third-order valence-electron chi connectivity index (χ3n) is 3.92. The standard InChI is InChI=1S/C19H18/c1-3-4-5-6-11-16-14(2)17-12-7-9-15-10-8-13-18(16)19(15)17/h3-5,7-10,12-13H,1,6,11H2,2H3. The van der Waals surface area contributed by atoms with Crippen LogP contribution < -0.4 is 0 Å². The van der Waals surface area contributed by atoms with Crippen LogP contribution >= 0.6 is 0 Å². The van der Waals surface area contributed by atoms with Crippen molar-refractivity contribution in [2.24, 2.45) is 0 Å². The van der Waals surface area contributed by atoms with Gasteiger partial charge in [0.1, 0.15) is 0 Å². The molecule has 3 rings (SSSR count). The largest absolute Gasteiger partial charge is 0.0991 e. The summed E-state index contributed by atoms with van der Waals surface area (Å²) < 4.78 is 0. The molecule has 0 heterocycles. The Morgan fingerprint density at radius 2 is 1.79 bits per heavy atom. The summed E-state index contributed by atoms with van der Waals surface area (Å²) in [7, 11) is 0. The highest BCUT2D eigenvalue weighted by atomic mass is 14.2. The Hall–Kier alpha value is -2.08. The first-order valence-electron chi connectivity index (χ1n) is 6.82. The summed E-state index contributed by atoms with van der Waals surface area (Å²) in [5, 5.41) is 2.79. The third-order valence-corrected chi connectivity index (χ3v) is 3.92. The molecule has 1 aliphatic carbocycles. The van der Waals surface area contributed by atoms with E-state index in [1.807, 2.05) is 12.2 Å². The van der Waals surface area contributed by atoms with Crippen molar-refractivity contribution < 1.29 is 0 Å². The SMILES string of the molecule is C=CC=CCCC1=C(C)c2cccc3cccc1c23. The van der Waals surface area contributed by atoms with Crippen LogP contribution in [0, 0.1) is 0 Å². The first-order chi connectivity index (χ1) is 9.33. The van der Waals surface area contributed by atoms with Gasteiger partial charge >= 0.3 is 0 Å². The molecule has 0 saturated carbocycles. The van der Waals surface area contributed by atoms with Crippen molar-refractivity contribution in [3.05, 3.63) is 72.3 Å². The van der Waals surface area contributed by atoms with Crippen LogP contribution in [-0.2, 0) is 0 Å². The van der Waals surface area contributed by atoms with Gasteiger partial charge in [0, 0.05) is 0 Å². The first kappa shape index (κ1) is 12.0. The second kappa shape index (κ2) is 4.89. The molecular weight excluding hydrogens is 228 g/mol. The van der Waals surface area contributed by atoms with E-state index in [1.54, 1.807) is 0 Å². The molecule has 1 aliphatic rings. The summed E-state index contributed by atoms with van der Waals surface area (Å²) in [4.78, 5) is 0. The lowest BCUT2D eigenvalue weighted by Gasteiger charge is -2.05. The Bertz CT molecular complexity index is 694. The molecule has 2 aromatic rings. The van der Waals surface area contributed by atoms with Crippen LogP contribution in [-0.4, -0.2) is 0 Å². The Kier molecular flexibility index (Phi) is 3.08. The van der Waals surface area contributed by atoms with Crippen LogP contribution in [0.4, 0.5) is 0 Å². The van der Waals surface area contributed by atoms with Gasteiger partial charge in [0.2, 0.25) is 0 Å². The van der Waals surface area contributed by atoms with Crippen molar-refractivity contribution in [3.63, 3.8) is 0 Å². The van der Waals surface area contributed by atoms with Crippen LogP contribution in [0.2, 0.25) is 0 Å². The zero-order valence-electron chi connectivity index (χ0n) is 11.3.